The lowest BCUT2D eigenvalue weighted by Crippen LogP contribution is -2.30. The zero-order valence-corrected chi connectivity index (χ0v) is 11.8. The number of aliphatic hydroxyl groups is 1. The maximum absolute atomic E-state index is 11.5. The molecule has 0 aromatic heterocycles. The number of carbonyl (C=O) groups is 1. The number of carbonyl (C=O) groups excluding carboxylic acids is 1. The smallest absolute Gasteiger partial charge is 0.257 e. The van der Waals surface area contributed by atoms with Gasteiger partial charge in [-0.05, 0) is 37.0 Å². The van der Waals surface area contributed by atoms with Crippen LogP contribution in [0.25, 0.3) is 0 Å². The van der Waals surface area contributed by atoms with Gasteiger partial charge in [0, 0.05) is 6.54 Å². The third-order valence-electron chi connectivity index (χ3n) is 2.75. The standard InChI is InChI=1S/C15H23NO3/c1-11(2)7-8-16-15(18)10-19-14-6-4-5-13(9-14)12(3)17/h4-6,9,11-12,17H,7-8,10H2,1-3H3,(H,16,18)/t12-/m1/s1. The minimum atomic E-state index is -0.539. The quantitative estimate of drug-likeness (QED) is 0.795. The molecule has 0 spiro atoms. The third-order valence-corrected chi connectivity index (χ3v) is 2.75. The number of hydrogen-bond donors (Lipinski definition) is 2. The molecule has 0 aliphatic rings. The molecule has 0 heterocycles. The van der Waals surface area contributed by atoms with E-state index in [4.69, 9.17) is 4.74 Å². The first-order chi connectivity index (χ1) is 8.99. The van der Waals surface area contributed by atoms with E-state index < -0.39 is 6.10 Å². The summed E-state index contributed by atoms with van der Waals surface area (Å²) < 4.78 is 5.39. The molecule has 0 aliphatic heterocycles. The molecule has 19 heavy (non-hydrogen) atoms. The highest BCUT2D eigenvalue weighted by atomic mass is 16.5. The highest BCUT2D eigenvalue weighted by Gasteiger charge is 2.05. The minimum Gasteiger partial charge on any atom is -0.484 e. The first-order valence-corrected chi connectivity index (χ1v) is 6.66. The van der Waals surface area contributed by atoms with E-state index >= 15 is 0 Å². The van der Waals surface area contributed by atoms with Crippen LogP contribution >= 0.6 is 0 Å². The lowest BCUT2D eigenvalue weighted by Gasteiger charge is -2.10. The Morgan fingerprint density at radius 1 is 1.37 bits per heavy atom. The van der Waals surface area contributed by atoms with Crippen LogP contribution in [0.4, 0.5) is 0 Å². The molecular formula is C15H23NO3. The molecule has 1 atom stereocenters. The van der Waals surface area contributed by atoms with Crippen molar-refractivity contribution in [1.82, 2.24) is 5.32 Å². The van der Waals surface area contributed by atoms with Crippen molar-refractivity contribution in [1.29, 1.82) is 0 Å². The fourth-order valence-corrected chi connectivity index (χ4v) is 1.56. The van der Waals surface area contributed by atoms with E-state index in [0.717, 1.165) is 12.0 Å². The zero-order chi connectivity index (χ0) is 14.3. The highest BCUT2D eigenvalue weighted by molar-refractivity contribution is 5.77. The average molecular weight is 265 g/mol. The van der Waals surface area contributed by atoms with Crippen molar-refractivity contribution in [3.63, 3.8) is 0 Å². The van der Waals surface area contributed by atoms with Crippen LogP contribution in [0.5, 0.6) is 5.75 Å². The van der Waals surface area contributed by atoms with Gasteiger partial charge in [-0.15, -0.1) is 0 Å². The van der Waals surface area contributed by atoms with Crippen LogP contribution in [0.1, 0.15) is 38.9 Å². The Labute approximate surface area is 114 Å². The summed E-state index contributed by atoms with van der Waals surface area (Å²) in [4.78, 5) is 11.5. The molecule has 1 rings (SSSR count). The summed E-state index contributed by atoms with van der Waals surface area (Å²) in [5.74, 6) is 1.05. The molecule has 1 aromatic carbocycles. The molecule has 2 N–H and O–H groups in total. The number of benzene rings is 1. The molecule has 4 nitrogen and oxygen atoms in total. The Bertz CT molecular complexity index is 402. The van der Waals surface area contributed by atoms with E-state index in [-0.39, 0.29) is 12.5 Å². The molecule has 0 aliphatic carbocycles. The fraction of sp³-hybridized carbons (Fsp3) is 0.533. The van der Waals surface area contributed by atoms with Crippen LogP contribution in [0.15, 0.2) is 24.3 Å². The number of rotatable bonds is 7. The molecule has 106 valence electrons. The van der Waals surface area contributed by atoms with Crippen molar-refractivity contribution >= 4 is 5.91 Å². The van der Waals surface area contributed by atoms with Crippen molar-refractivity contribution in [2.45, 2.75) is 33.3 Å². The van der Waals surface area contributed by atoms with Crippen molar-refractivity contribution < 1.29 is 14.6 Å². The van der Waals surface area contributed by atoms with Gasteiger partial charge in [0.15, 0.2) is 6.61 Å². The Balaban J connectivity index is 2.35. The van der Waals surface area contributed by atoms with Crippen LogP contribution in [0, 0.1) is 5.92 Å². The third kappa shape index (κ3) is 6.25. The molecule has 0 bridgehead atoms. The number of nitrogens with one attached hydrogen (secondary N) is 1. The van der Waals surface area contributed by atoms with E-state index in [9.17, 15) is 9.90 Å². The van der Waals surface area contributed by atoms with E-state index in [0.29, 0.717) is 18.2 Å². The van der Waals surface area contributed by atoms with Gasteiger partial charge < -0.3 is 15.2 Å². The zero-order valence-electron chi connectivity index (χ0n) is 11.8. The number of aliphatic hydroxyl groups excluding tert-OH is 1. The molecule has 0 saturated heterocycles. The maximum atomic E-state index is 11.5. The predicted octanol–water partition coefficient (Wildman–Crippen LogP) is 2.28. The van der Waals surface area contributed by atoms with Gasteiger partial charge in [-0.25, -0.2) is 0 Å². The van der Waals surface area contributed by atoms with Crippen molar-refractivity contribution in [3.8, 4) is 5.75 Å². The van der Waals surface area contributed by atoms with Crippen LogP contribution in [-0.4, -0.2) is 24.2 Å². The topological polar surface area (TPSA) is 58.6 Å². The summed E-state index contributed by atoms with van der Waals surface area (Å²) in [7, 11) is 0. The van der Waals surface area contributed by atoms with Gasteiger partial charge in [0.2, 0.25) is 0 Å². The van der Waals surface area contributed by atoms with E-state index in [1.165, 1.54) is 0 Å². The summed E-state index contributed by atoms with van der Waals surface area (Å²) in [6.45, 7) is 6.60. The van der Waals surface area contributed by atoms with Crippen molar-refractivity contribution in [2.75, 3.05) is 13.2 Å². The largest absolute Gasteiger partial charge is 0.484 e. The second kappa shape index (κ2) is 7.79. The monoisotopic (exact) mass is 265 g/mol. The van der Waals surface area contributed by atoms with Crippen LogP contribution in [0.2, 0.25) is 0 Å². The fourth-order valence-electron chi connectivity index (χ4n) is 1.56. The maximum Gasteiger partial charge on any atom is 0.257 e. The minimum absolute atomic E-state index is 0.00135. The van der Waals surface area contributed by atoms with Gasteiger partial charge in [-0.3, -0.25) is 4.79 Å². The second-order valence-electron chi connectivity index (χ2n) is 5.07. The summed E-state index contributed by atoms with van der Waals surface area (Å²) in [6.07, 6.45) is 0.423. The van der Waals surface area contributed by atoms with Gasteiger partial charge >= 0.3 is 0 Å². The summed E-state index contributed by atoms with van der Waals surface area (Å²) >= 11 is 0. The molecule has 4 heteroatoms. The van der Waals surface area contributed by atoms with Crippen LogP contribution in [-0.2, 0) is 4.79 Å². The summed E-state index contributed by atoms with van der Waals surface area (Å²) in [6, 6.07) is 7.13. The number of ether oxygens (including phenoxy) is 1. The lowest BCUT2D eigenvalue weighted by molar-refractivity contribution is -0.123. The SMILES string of the molecule is CC(C)CCNC(=O)COc1cccc([C@@H](C)O)c1. The van der Waals surface area contributed by atoms with Gasteiger partial charge in [0.05, 0.1) is 6.10 Å². The average Bonchev–Trinajstić information content (AvgIpc) is 2.36. The van der Waals surface area contributed by atoms with E-state index in [2.05, 4.69) is 19.2 Å². The predicted molar refractivity (Wildman–Crippen MR) is 75.0 cm³/mol. The molecule has 0 saturated carbocycles. The first-order valence-electron chi connectivity index (χ1n) is 6.66. The molecular weight excluding hydrogens is 242 g/mol. The Hall–Kier alpha value is -1.55. The van der Waals surface area contributed by atoms with Gasteiger partial charge in [-0.1, -0.05) is 26.0 Å². The summed E-state index contributed by atoms with van der Waals surface area (Å²) in [5, 5.41) is 12.3. The Morgan fingerprint density at radius 2 is 2.11 bits per heavy atom. The van der Waals surface area contributed by atoms with Gasteiger partial charge in [0.25, 0.3) is 5.91 Å². The van der Waals surface area contributed by atoms with Crippen molar-refractivity contribution in [2.24, 2.45) is 5.92 Å². The number of hydrogen-bond acceptors (Lipinski definition) is 3. The summed E-state index contributed by atoms with van der Waals surface area (Å²) in [5.41, 5.74) is 0.776. The Kier molecular flexibility index (Phi) is 6.36. The number of amides is 1. The molecule has 1 aromatic rings. The molecule has 0 fully saturated rings. The molecule has 1 amide bonds. The first kappa shape index (κ1) is 15.5. The van der Waals surface area contributed by atoms with E-state index in [1.54, 1.807) is 25.1 Å². The molecule has 0 unspecified atom stereocenters. The Morgan fingerprint density at radius 3 is 2.74 bits per heavy atom. The normalized spacial score (nSPS) is 12.3. The lowest BCUT2D eigenvalue weighted by atomic mass is 10.1. The van der Waals surface area contributed by atoms with Crippen molar-refractivity contribution in [3.05, 3.63) is 29.8 Å². The van der Waals surface area contributed by atoms with Crippen LogP contribution in [0.3, 0.4) is 0 Å². The van der Waals surface area contributed by atoms with E-state index in [1.807, 2.05) is 6.07 Å². The second-order valence-corrected chi connectivity index (χ2v) is 5.07. The highest BCUT2D eigenvalue weighted by Crippen LogP contribution is 2.18. The van der Waals surface area contributed by atoms with Crippen LogP contribution < -0.4 is 10.1 Å². The van der Waals surface area contributed by atoms with Gasteiger partial charge in [0.1, 0.15) is 5.75 Å². The molecule has 0 radical (unpaired) electrons. The van der Waals surface area contributed by atoms with Gasteiger partial charge in [-0.2, -0.15) is 0 Å².